The minimum absolute atomic E-state index is 0.0375. The molecule has 1 aliphatic carbocycles. The third-order valence-corrected chi connectivity index (χ3v) is 5.37. The highest BCUT2D eigenvalue weighted by molar-refractivity contribution is 7.10. The van der Waals surface area contributed by atoms with Crippen molar-refractivity contribution in [1.82, 2.24) is 4.90 Å². The van der Waals surface area contributed by atoms with Gasteiger partial charge >= 0.3 is 6.18 Å². The summed E-state index contributed by atoms with van der Waals surface area (Å²) in [6.07, 6.45) is -1.73. The van der Waals surface area contributed by atoms with Gasteiger partial charge < -0.3 is 4.90 Å². The Hall–Kier alpha value is -1.04. The molecule has 0 bridgehead atoms. The molecular formula is C14H16F3NOS. The molecule has 1 aromatic heterocycles. The highest BCUT2D eigenvalue weighted by Gasteiger charge is 2.57. The highest BCUT2D eigenvalue weighted by atomic mass is 32.1. The quantitative estimate of drug-likeness (QED) is 0.815. The van der Waals surface area contributed by atoms with Gasteiger partial charge in [-0.15, -0.1) is 11.3 Å². The minimum Gasteiger partial charge on any atom is -0.330 e. The van der Waals surface area contributed by atoms with Gasteiger partial charge in [-0.1, -0.05) is 6.07 Å². The Balaban J connectivity index is 1.86. The zero-order valence-corrected chi connectivity index (χ0v) is 11.8. The van der Waals surface area contributed by atoms with Crippen LogP contribution in [0.3, 0.4) is 0 Å². The van der Waals surface area contributed by atoms with E-state index in [2.05, 4.69) is 0 Å². The number of hydrogen-bond donors (Lipinski definition) is 0. The molecule has 0 aromatic carbocycles. The van der Waals surface area contributed by atoms with Crippen molar-refractivity contribution in [3.8, 4) is 0 Å². The second-order valence-corrected chi connectivity index (χ2v) is 6.56. The highest BCUT2D eigenvalue weighted by Crippen LogP contribution is 2.52. The lowest BCUT2D eigenvalue weighted by Gasteiger charge is -2.38. The number of likely N-dealkylation sites (tertiary alicyclic amines) is 1. The van der Waals surface area contributed by atoms with Gasteiger partial charge in [0.15, 0.2) is 0 Å². The summed E-state index contributed by atoms with van der Waals surface area (Å²) < 4.78 is 39.3. The molecule has 3 rings (SSSR count). The van der Waals surface area contributed by atoms with Crippen LogP contribution in [0.15, 0.2) is 17.5 Å². The fourth-order valence-corrected chi connectivity index (χ4v) is 4.01. The van der Waals surface area contributed by atoms with Crippen LogP contribution in [0.1, 0.15) is 37.0 Å². The summed E-state index contributed by atoms with van der Waals surface area (Å²) in [5.41, 5.74) is -0.658. The Morgan fingerprint density at radius 1 is 1.35 bits per heavy atom. The molecule has 0 radical (unpaired) electrons. The minimum atomic E-state index is -4.32. The Morgan fingerprint density at radius 3 is 2.65 bits per heavy atom. The monoisotopic (exact) mass is 303 g/mol. The predicted octanol–water partition coefficient (Wildman–Crippen LogP) is 3.72. The maximum Gasteiger partial charge on any atom is 0.408 e. The maximum absolute atomic E-state index is 13.1. The molecule has 1 atom stereocenters. The van der Waals surface area contributed by atoms with Crippen LogP contribution >= 0.6 is 11.3 Å². The van der Waals surface area contributed by atoms with Gasteiger partial charge in [-0.2, -0.15) is 13.2 Å². The number of piperidine rings is 1. The second kappa shape index (κ2) is 4.76. The molecule has 110 valence electrons. The van der Waals surface area contributed by atoms with Crippen molar-refractivity contribution in [2.75, 3.05) is 6.54 Å². The molecule has 1 unspecified atom stereocenters. The van der Waals surface area contributed by atoms with E-state index in [0.29, 0.717) is 25.7 Å². The normalized spacial score (nSPS) is 25.6. The molecule has 6 heteroatoms. The smallest absolute Gasteiger partial charge is 0.330 e. The summed E-state index contributed by atoms with van der Waals surface area (Å²) in [4.78, 5) is 14.7. The summed E-state index contributed by atoms with van der Waals surface area (Å²) in [5.74, 6) is -0.318. The van der Waals surface area contributed by atoms with Gasteiger partial charge in [-0.25, -0.2) is 0 Å². The van der Waals surface area contributed by atoms with Crippen LogP contribution < -0.4 is 0 Å². The number of hydrogen-bond acceptors (Lipinski definition) is 2. The van der Waals surface area contributed by atoms with E-state index >= 15 is 0 Å². The van der Waals surface area contributed by atoms with Crippen molar-refractivity contribution in [1.29, 1.82) is 0 Å². The van der Waals surface area contributed by atoms with E-state index in [1.54, 1.807) is 0 Å². The topological polar surface area (TPSA) is 20.3 Å². The van der Waals surface area contributed by atoms with Gasteiger partial charge in [-0.05, 0) is 43.6 Å². The lowest BCUT2D eigenvalue weighted by atomic mass is 9.96. The summed E-state index contributed by atoms with van der Waals surface area (Å²) in [6.45, 7) is 0.232. The van der Waals surface area contributed by atoms with E-state index in [1.807, 2.05) is 17.5 Å². The molecule has 2 aliphatic rings. The van der Waals surface area contributed by atoms with E-state index in [1.165, 1.54) is 11.3 Å². The predicted molar refractivity (Wildman–Crippen MR) is 70.6 cm³/mol. The van der Waals surface area contributed by atoms with E-state index in [-0.39, 0.29) is 18.9 Å². The molecule has 2 heterocycles. The molecule has 0 N–H and O–H groups in total. The number of thiophene rings is 1. The first-order valence-electron chi connectivity index (χ1n) is 6.87. The van der Waals surface area contributed by atoms with Crippen LogP contribution in [0, 0.1) is 0 Å². The summed E-state index contributed by atoms with van der Waals surface area (Å²) >= 11 is 1.46. The maximum atomic E-state index is 13.1. The molecule has 0 spiro atoms. The van der Waals surface area contributed by atoms with E-state index in [9.17, 15) is 18.0 Å². The van der Waals surface area contributed by atoms with Crippen LogP contribution in [0.4, 0.5) is 13.2 Å². The van der Waals surface area contributed by atoms with Gasteiger partial charge in [0, 0.05) is 11.4 Å². The van der Waals surface area contributed by atoms with Gasteiger partial charge in [0.05, 0.1) is 5.41 Å². The summed E-state index contributed by atoms with van der Waals surface area (Å²) in [6, 6.07) is 2.12. The van der Waals surface area contributed by atoms with Crippen molar-refractivity contribution in [2.45, 2.75) is 49.7 Å². The molecule has 1 aliphatic heterocycles. The standard InChI is InChI=1S/C14H16F3NOS/c15-14(16,17)10-4-1-2-8-18(10)12(19)13(6-7-13)11-5-3-9-20-11/h3,5,9-10H,1-2,4,6-8H2. The number of amides is 1. The molecule has 2 nitrogen and oxygen atoms in total. The van der Waals surface area contributed by atoms with Gasteiger partial charge in [-0.3, -0.25) is 4.79 Å². The zero-order chi connectivity index (χ0) is 14.4. The van der Waals surface area contributed by atoms with Crippen LogP contribution in [0.5, 0.6) is 0 Å². The molecule has 20 heavy (non-hydrogen) atoms. The first-order chi connectivity index (χ1) is 9.45. The zero-order valence-electron chi connectivity index (χ0n) is 10.9. The third kappa shape index (κ3) is 2.24. The Labute approximate surface area is 119 Å². The molecular weight excluding hydrogens is 287 g/mol. The van der Waals surface area contributed by atoms with Gasteiger partial charge in [0.2, 0.25) is 5.91 Å². The van der Waals surface area contributed by atoms with Crippen LogP contribution in [-0.2, 0) is 10.2 Å². The first-order valence-corrected chi connectivity index (χ1v) is 7.75. The molecule has 2 fully saturated rings. The van der Waals surface area contributed by atoms with E-state index < -0.39 is 17.6 Å². The van der Waals surface area contributed by atoms with Crippen LogP contribution in [0.2, 0.25) is 0 Å². The molecule has 1 saturated heterocycles. The second-order valence-electron chi connectivity index (χ2n) is 5.61. The average Bonchev–Trinajstić information content (AvgIpc) is 3.04. The lowest BCUT2D eigenvalue weighted by Crippen LogP contribution is -2.54. The number of carbonyl (C=O) groups is 1. The van der Waals surface area contributed by atoms with Crippen molar-refractivity contribution in [3.05, 3.63) is 22.4 Å². The molecule has 1 amide bonds. The van der Waals surface area contributed by atoms with Crippen molar-refractivity contribution in [2.24, 2.45) is 0 Å². The fraction of sp³-hybridized carbons (Fsp3) is 0.643. The molecule has 1 aromatic rings. The Kier molecular flexibility index (Phi) is 3.31. The van der Waals surface area contributed by atoms with Gasteiger partial charge in [0.1, 0.15) is 6.04 Å². The number of halogens is 3. The first kappa shape index (κ1) is 13.9. The van der Waals surface area contributed by atoms with Crippen molar-refractivity contribution >= 4 is 17.2 Å². The number of alkyl halides is 3. The SMILES string of the molecule is O=C(N1CCCCC1C(F)(F)F)C1(c2cccs2)CC1. The largest absolute Gasteiger partial charge is 0.408 e. The van der Waals surface area contributed by atoms with E-state index in [4.69, 9.17) is 0 Å². The Bertz CT molecular complexity index is 493. The molecule has 1 saturated carbocycles. The van der Waals surface area contributed by atoms with Crippen LogP contribution in [-0.4, -0.2) is 29.6 Å². The number of carbonyl (C=O) groups excluding carboxylic acids is 1. The lowest BCUT2D eigenvalue weighted by molar-refractivity contribution is -0.197. The number of rotatable bonds is 2. The van der Waals surface area contributed by atoms with Gasteiger partial charge in [0.25, 0.3) is 0 Å². The van der Waals surface area contributed by atoms with Crippen molar-refractivity contribution < 1.29 is 18.0 Å². The number of nitrogens with zero attached hydrogens (tertiary/aromatic N) is 1. The summed E-state index contributed by atoms with van der Waals surface area (Å²) in [7, 11) is 0. The fourth-order valence-electron chi connectivity index (χ4n) is 3.03. The Morgan fingerprint density at radius 2 is 2.10 bits per heavy atom. The van der Waals surface area contributed by atoms with E-state index in [0.717, 1.165) is 9.78 Å². The summed E-state index contributed by atoms with van der Waals surface area (Å²) in [5, 5.41) is 1.88. The van der Waals surface area contributed by atoms with Crippen molar-refractivity contribution in [3.63, 3.8) is 0 Å². The average molecular weight is 303 g/mol. The van der Waals surface area contributed by atoms with Crippen LogP contribution in [0.25, 0.3) is 0 Å². The third-order valence-electron chi connectivity index (χ3n) is 4.29.